The monoisotopic (exact) mass is 278 g/mol. The maximum Gasteiger partial charge on any atom is 0.261 e. The minimum absolute atomic E-state index is 0.00691. The number of aromatic hydroxyl groups is 2. The average molecular weight is 278 g/mol. The second-order valence-corrected chi connectivity index (χ2v) is 5.19. The third-order valence-corrected chi connectivity index (χ3v) is 3.70. The third-order valence-electron chi connectivity index (χ3n) is 3.70. The van der Waals surface area contributed by atoms with Crippen LogP contribution in [0.3, 0.4) is 0 Å². The summed E-state index contributed by atoms with van der Waals surface area (Å²) in [6.07, 6.45) is 2.91. The third kappa shape index (κ3) is 3.22. The molecule has 0 aliphatic carbocycles. The summed E-state index contributed by atoms with van der Waals surface area (Å²) in [6.45, 7) is 4.42. The second kappa shape index (κ2) is 6.61. The molecular formula is C15H22N2O3. The summed E-state index contributed by atoms with van der Waals surface area (Å²) in [6, 6.07) is 4.81. The van der Waals surface area contributed by atoms with E-state index in [0.717, 1.165) is 25.8 Å². The standard InChI is InChI=1S/C15H22N2O3/c1-2-8-16-11-6-9-17(10-7-11)15(20)14-12(18)4-3-5-13(14)19/h3-5,11,16,18-19H,2,6-10H2,1H3. The molecule has 1 saturated heterocycles. The van der Waals surface area contributed by atoms with Crippen molar-refractivity contribution in [2.75, 3.05) is 19.6 Å². The van der Waals surface area contributed by atoms with Crippen LogP contribution in [0.25, 0.3) is 0 Å². The summed E-state index contributed by atoms with van der Waals surface area (Å²) in [5.74, 6) is -0.628. The Balaban J connectivity index is 1.98. The lowest BCUT2D eigenvalue weighted by atomic mass is 10.0. The Morgan fingerprint density at radius 1 is 1.30 bits per heavy atom. The lowest BCUT2D eigenvalue weighted by Crippen LogP contribution is -2.45. The summed E-state index contributed by atoms with van der Waals surface area (Å²) in [5, 5.41) is 22.9. The first-order chi connectivity index (χ1) is 9.63. The van der Waals surface area contributed by atoms with Crippen LogP contribution < -0.4 is 5.32 Å². The minimum atomic E-state index is -0.297. The van der Waals surface area contributed by atoms with E-state index >= 15 is 0 Å². The molecule has 0 atom stereocenters. The molecule has 1 aromatic carbocycles. The molecule has 20 heavy (non-hydrogen) atoms. The Morgan fingerprint density at radius 2 is 1.90 bits per heavy atom. The smallest absolute Gasteiger partial charge is 0.261 e. The van der Waals surface area contributed by atoms with Gasteiger partial charge in [0.15, 0.2) is 0 Å². The summed E-state index contributed by atoms with van der Waals surface area (Å²) >= 11 is 0. The highest BCUT2D eigenvalue weighted by molar-refractivity contribution is 5.99. The predicted octanol–water partition coefficient (Wildman–Crippen LogP) is 1.70. The van der Waals surface area contributed by atoms with Gasteiger partial charge in [-0.25, -0.2) is 0 Å². The van der Waals surface area contributed by atoms with Crippen LogP contribution in [0.1, 0.15) is 36.5 Å². The van der Waals surface area contributed by atoms with Crippen LogP contribution in [0.2, 0.25) is 0 Å². The number of nitrogens with zero attached hydrogens (tertiary/aromatic N) is 1. The molecule has 0 radical (unpaired) electrons. The van der Waals surface area contributed by atoms with Crippen LogP contribution in [0.4, 0.5) is 0 Å². The first-order valence-electron chi connectivity index (χ1n) is 7.17. The maximum absolute atomic E-state index is 12.3. The van der Waals surface area contributed by atoms with Crippen LogP contribution in [-0.4, -0.2) is 46.7 Å². The van der Waals surface area contributed by atoms with Crippen molar-refractivity contribution in [3.63, 3.8) is 0 Å². The van der Waals surface area contributed by atoms with Crippen molar-refractivity contribution in [2.45, 2.75) is 32.2 Å². The molecule has 0 bridgehead atoms. The number of hydrogen-bond acceptors (Lipinski definition) is 4. The van der Waals surface area contributed by atoms with E-state index in [1.165, 1.54) is 18.2 Å². The van der Waals surface area contributed by atoms with Gasteiger partial charge in [0.1, 0.15) is 17.1 Å². The first kappa shape index (κ1) is 14.7. The zero-order valence-corrected chi connectivity index (χ0v) is 11.8. The van der Waals surface area contributed by atoms with Crippen molar-refractivity contribution < 1.29 is 15.0 Å². The molecule has 1 aliphatic rings. The highest BCUT2D eigenvalue weighted by atomic mass is 16.3. The molecule has 2 rings (SSSR count). The van der Waals surface area contributed by atoms with Crippen molar-refractivity contribution in [3.8, 4) is 11.5 Å². The fourth-order valence-electron chi connectivity index (χ4n) is 2.54. The fraction of sp³-hybridized carbons (Fsp3) is 0.533. The van der Waals surface area contributed by atoms with Gasteiger partial charge in [0.2, 0.25) is 0 Å². The van der Waals surface area contributed by atoms with Gasteiger partial charge in [-0.05, 0) is 37.9 Å². The Hall–Kier alpha value is -1.75. The van der Waals surface area contributed by atoms with Gasteiger partial charge in [0, 0.05) is 19.1 Å². The Bertz CT molecular complexity index is 448. The van der Waals surface area contributed by atoms with Crippen molar-refractivity contribution in [3.05, 3.63) is 23.8 Å². The van der Waals surface area contributed by atoms with E-state index in [0.29, 0.717) is 19.1 Å². The topological polar surface area (TPSA) is 72.8 Å². The summed E-state index contributed by atoms with van der Waals surface area (Å²) in [7, 11) is 0. The van der Waals surface area contributed by atoms with Gasteiger partial charge in [0.25, 0.3) is 5.91 Å². The quantitative estimate of drug-likeness (QED) is 0.784. The highest BCUT2D eigenvalue weighted by Gasteiger charge is 2.26. The van der Waals surface area contributed by atoms with Gasteiger partial charge < -0.3 is 20.4 Å². The number of rotatable bonds is 4. The van der Waals surface area contributed by atoms with Crippen LogP contribution in [0, 0.1) is 0 Å². The summed E-state index contributed by atoms with van der Waals surface area (Å²) < 4.78 is 0. The molecule has 5 nitrogen and oxygen atoms in total. The molecule has 0 spiro atoms. The SMILES string of the molecule is CCCNC1CCN(C(=O)c2c(O)cccc2O)CC1. The number of amides is 1. The van der Waals surface area contributed by atoms with Gasteiger partial charge in [-0.3, -0.25) is 4.79 Å². The molecule has 1 amide bonds. The van der Waals surface area contributed by atoms with E-state index in [1.54, 1.807) is 4.90 Å². The molecule has 5 heteroatoms. The van der Waals surface area contributed by atoms with Gasteiger partial charge in [-0.15, -0.1) is 0 Å². The number of likely N-dealkylation sites (tertiary alicyclic amines) is 1. The Morgan fingerprint density at radius 3 is 2.45 bits per heavy atom. The molecule has 1 aliphatic heterocycles. The van der Waals surface area contributed by atoms with Crippen LogP contribution in [-0.2, 0) is 0 Å². The minimum Gasteiger partial charge on any atom is -0.507 e. The molecule has 3 N–H and O–H groups in total. The van der Waals surface area contributed by atoms with E-state index < -0.39 is 0 Å². The Kier molecular flexibility index (Phi) is 4.84. The van der Waals surface area contributed by atoms with Crippen molar-refractivity contribution in [2.24, 2.45) is 0 Å². The van der Waals surface area contributed by atoms with Gasteiger partial charge in [-0.1, -0.05) is 13.0 Å². The van der Waals surface area contributed by atoms with Crippen LogP contribution in [0.5, 0.6) is 11.5 Å². The van der Waals surface area contributed by atoms with Gasteiger partial charge in [0.05, 0.1) is 0 Å². The van der Waals surface area contributed by atoms with E-state index in [1.807, 2.05) is 0 Å². The summed E-state index contributed by atoms with van der Waals surface area (Å²) in [5.41, 5.74) is 0.00691. The molecular weight excluding hydrogens is 256 g/mol. The Labute approximate surface area is 119 Å². The van der Waals surface area contributed by atoms with Gasteiger partial charge in [-0.2, -0.15) is 0 Å². The van der Waals surface area contributed by atoms with Crippen molar-refractivity contribution in [1.82, 2.24) is 10.2 Å². The zero-order valence-electron chi connectivity index (χ0n) is 11.8. The molecule has 1 aromatic rings. The van der Waals surface area contributed by atoms with Gasteiger partial charge >= 0.3 is 0 Å². The van der Waals surface area contributed by atoms with Crippen LogP contribution in [0.15, 0.2) is 18.2 Å². The number of carbonyl (C=O) groups excluding carboxylic acids is 1. The number of benzene rings is 1. The van der Waals surface area contributed by atoms with E-state index in [9.17, 15) is 15.0 Å². The van der Waals surface area contributed by atoms with Crippen molar-refractivity contribution in [1.29, 1.82) is 0 Å². The number of carbonyl (C=O) groups is 1. The van der Waals surface area contributed by atoms with E-state index in [2.05, 4.69) is 12.2 Å². The van der Waals surface area contributed by atoms with Crippen molar-refractivity contribution >= 4 is 5.91 Å². The molecule has 1 fully saturated rings. The largest absolute Gasteiger partial charge is 0.507 e. The zero-order chi connectivity index (χ0) is 14.5. The fourth-order valence-corrected chi connectivity index (χ4v) is 2.54. The van der Waals surface area contributed by atoms with E-state index in [4.69, 9.17) is 0 Å². The normalized spacial score (nSPS) is 16.4. The average Bonchev–Trinajstić information content (AvgIpc) is 2.45. The lowest BCUT2D eigenvalue weighted by molar-refractivity contribution is 0.0699. The summed E-state index contributed by atoms with van der Waals surface area (Å²) in [4.78, 5) is 14.0. The molecule has 110 valence electrons. The number of phenolic OH excluding ortho intramolecular Hbond substituents is 2. The lowest BCUT2D eigenvalue weighted by Gasteiger charge is -2.32. The number of nitrogens with one attached hydrogen (secondary N) is 1. The van der Waals surface area contributed by atoms with E-state index in [-0.39, 0.29) is 23.0 Å². The predicted molar refractivity (Wildman–Crippen MR) is 77.0 cm³/mol. The molecule has 0 unspecified atom stereocenters. The maximum atomic E-state index is 12.3. The number of piperidine rings is 1. The molecule has 1 heterocycles. The molecule has 0 saturated carbocycles. The number of hydrogen-bond donors (Lipinski definition) is 3. The first-order valence-corrected chi connectivity index (χ1v) is 7.17. The highest BCUT2D eigenvalue weighted by Crippen LogP contribution is 2.28. The van der Waals surface area contributed by atoms with Crippen LogP contribution >= 0.6 is 0 Å². The molecule has 0 aromatic heterocycles. The number of phenols is 2. The second-order valence-electron chi connectivity index (χ2n) is 5.19.